The molecule has 0 amide bonds. The van der Waals surface area contributed by atoms with Crippen LogP contribution in [-0.2, 0) is 32.3 Å². The van der Waals surface area contributed by atoms with Crippen molar-refractivity contribution in [2.45, 2.75) is 231 Å². The number of rotatable bonds is 38. The van der Waals surface area contributed by atoms with E-state index < -0.39 is 24.1 Å². The Hall–Kier alpha value is -1.21. The summed E-state index contributed by atoms with van der Waals surface area (Å²) in [6, 6.07) is 19.0. The quantitative estimate of drug-likeness (QED) is 0.0501. The van der Waals surface area contributed by atoms with Gasteiger partial charge in [0.25, 0.3) is 0 Å². The van der Waals surface area contributed by atoms with Gasteiger partial charge in [-0.05, 0) is 62.5 Å². The number of unbranched alkanes of at least 4 members (excludes halogenated alkanes) is 18. The molecule has 332 valence electrons. The number of hydrogen-bond acceptors (Lipinski definition) is 8. The molecular formula is C50H82BaO8. The molecule has 0 fully saturated rings. The second-order valence-electron chi connectivity index (χ2n) is 16.3. The number of carboxylic acid groups (broad SMARTS) is 2. The average Bonchev–Trinajstić information content (AvgIpc) is 3.22. The minimum Gasteiger partial charge on any atom is -0.547 e. The minimum absolute atomic E-state index is 0. The van der Waals surface area contributed by atoms with E-state index in [2.05, 4.69) is 13.8 Å². The van der Waals surface area contributed by atoms with Gasteiger partial charge in [0.05, 0.1) is 49.6 Å². The molecule has 0 heterocycles. The number of ether oxygens (including phenoxy) is 2. The third kappa shape index (κ3) is 36.0. The van der Waals surface area contributed by atoms with Gasteiger partial charge in [0.15, 0.2) is 0 Å². The molecule has 0 saturated carbocycles. The van der Waals surface area contributed by atoms with Gasteiger partial charge in [-0.2, -0.15) is 0 Å². The van der Waals surface area contributed by atoms with Gasteiger partial charge < -0.3 is 39.5 Å². The zero-order chi connectivity index (χ0) is 42.3. The predicted molar refractivity (Wildman–Crippen MR) is 238 cm³/mol. The van der Waals surface area contributed by atoms with Crippen molar-refractivity contribution in [2.24, 2.45) is 0 Å². The molecule has 59 heavy (non-hydrogen) atoms. The largest absolute Gasteiger partial charge is 2.00 e. The second kappa shape index (κ2) is 42.1. The molecule has 0 aliphatic heterocycles. The number of carboxylic acids is 2. The summed E-state index contributed by atoms with van der Waals surface area (Å²) in [5.74, 6) is -2.35. The standard InChI is InChI=1S/2C25H42O4.Ba/c2*1-2-3-4-5-6-7-8-9-10-14-18-23(26)19-15-20-24(25(27)28)29-21-22-16-12-11-13-17-22;/h2*11-13,16-17,23-24,26H,2-10,14-15,18-21H2,1H3,(H,27,28);/q;;+2/p-2. The van der Waals surface area contributed by atoms with Gasteiger partial charge in [-0.1, -0.05) is 203 Å². The maximum absolute atomic E-state index is 11.3. The van der Waals surface area contributed by atoms with E-state index in [0.29, 0.717) is 38.5 Å². The first-order chi connectivity index (χ1) is 28.3. The van der Waals surface area contributed by atoms with Crippen LogP contribution in [0.25, 0.3) is 0 Å². The van der Waals surface area contributed by atoms with E-state index in [1.54, 1.807) is 0 Å². The molecule has 0 spiro atoms. The monoisotopic (exact) mass is 949 g/mol. The first-order valence-electron chi connectivity index (χ1n) is 23.4. The first-order valence-corrected chi connectivity index (χ1v) is 23.4. The maximum Gasteiger partial charge on any atom is 2.00 e. The SMILES string of the molecule is CCCCCCCCCCCCC(O)CCCC(OCc1ccccc1)C(=O)[O-].CCCCCCCCCCCCC(O)CCCC(OCc1ccccc1)C(=O)[O-].[Ba+2]. The van der Waals surface area contributed by atoms with Crippen LogP contribution in [0.15, 0.2) is 60.7 Å². The first kappa shape index (κ1) is 57.8. The Labute approximate surface area is 400 Å². The van der Waals surface area contributed by atoms with Gasteiger partial charge in [0, 0.05) is 0 Å². The van der Waals surface area contributed by atoms with Crippen LogP contribution < -0.4 is 10.2 Å². The van der Waals surface area contributed by atoms with Crippen LogP contribution >= 0.6 is 0 Å². The molecule has 0 aliphatic rings. The van der Waals surface area contributed by atoms with E-state index in [1.165, 1.54) is 116 Å². The maximum atomic E-state index is 11.3. The van der Waals surface area contributed by atoms with Crippen LogP contribution in [0, 0.1) is 0 Å². The average molecular weight is 949 g/mol. The molecule has 2 aromatic rings. The summed E-state index contributed by atoms with van der Waals surface area (Å²) in [4.78, 5) is 22.5. The van der Waals surface area contributed by atoms with E-state index in [4.69, 9.17) is 9.47 Å². The number of carbonyl (C=O) groups is 2. The van der Waals surface area contributed by atoms with E-state index >= 15 is 0 Å². The van der Waals surface area contributed by atoms with Gasteiger partial charge in [0.2, 0.25) is 0 Å². The Balaban J connectivity index is 0.00000112. The van der Waals surface area contributed by atoms with E-state index in [0.717, 1.165) is 36.8 Å². The Morgan fingerprint density at radius 3 is 1.00 bits per heavy atom. The topological polar surface area (TPSA) is 139 Å². The molecule has 0 aromatic heterocycles. The summed E-state index contributed by atoms with van der Waals surface area (Å²) in [5.41, 5.74) is 1.89. The van der Waals surface area contributed by atoms with Crippen LogP contribution in [0.3, 0.4) is 0 Å². The van der Waals surface area contributed by atoms with Crippen molar-refractivity contribution >= 4 is 60.8 Å². The van der Waals surface area contributed by atoms with Crippen LogP contribution in [0.5, 0.6) is 0 Å². The molecule has 2 N–H and O–H groups in total. The smallest absolute Gasteiger partial charge is 0.547 e. The summed E-state index contributed by atoms with van der Waals surface area (Å²) in [6.45, 7) is 5.02. The van der Waals surface area contributed by atoms with Crippen LogP contribution in [0.4, 0.5) is 0 Å². The Bertz CT molecular complexity index is 1110. The van der Waals surface area contributed by atoms with Crippen molar-refractivity contribution in [3.05, 3.63) is 71.8 Å². The molecule has 8 nitrogen and oxygen atoms in total. The van der Waals surface area contributed by atoms with Crippen molar-refractivity contribution in [3.63, 3.8) is 0 Å². The van der Waals surface area contributed by atoms with Gasteiger partial charge in [-0.15, -0.1) is 0 Å². The van der Waals surface area contributed by atoms with Crippen molar-refractivity contribution in [2.75, 3.05) is 0 Å². The summed E-state index contributed by atoms with van der Waals surface area (Å²) >= 11 is 0. The van der Waals surface area contributed by atoms with Crippen molar-refractivity contribution < 1.29 is 39.5 Å². The third-order valence-electron chi connectivity index (χ3n) is 10.9. The molecule has 0 saturated heterocycles. The number of aliphatic hydroxyl groups is 2. The Kier molecular flexibility index (Phi) is 41.2. The molecular weight excluding hydrogens is 866 g/mol. The molecule has 4 unspecified atom stereocenters. The van der Waals surface area contributed by atoms with Crippen LogP contribution in [0.1, 0.15) is 205 Å². The van der Waals surface area contributed by atoms with Crippen LogP contribution in [0.2, 0.25) is 0 Å². The zero-order valence-corrected chi connectivity index (χ0v) is 41.8. The second-order valence-corrected chi connectivity index (χ2v) is 16.3. The zero-order valence-electron chi connectivity index (χ0n) is 37.3. The molecule has 0 radical (unpaired) electrons. The third-order valence-corrected chi connectivity index (χ3v) is 10.9. The molecule has 4 atom stereocenters. The van der Waals surface area contributed by atoms with Gasteiger partial charge >= 0.3 is 48.9 Å². The van der Waals surface area contributed by atoms with Gasteiger partial charge in [-0.3, -0.25) is 0 Å². The fourth-order valence-corrected chi connectivity index (χ4v) is 7.18. The number of aliphatic carboxylic acids is 2. The van der Waals surface area contributed by atoms with E-state index in [-0.39, 0.29) is 74.3 Å². The normalized spacial score (nSPS) is 13.1. The molecule has 2 rings (SSSR count). The Morgan fingerprint density at radius 1 is 0.441 bits per heavy atom. The number of hydrogen-bond donors (Lipinski definition) is 2. The molecule has 0 aliphatic carbocycles. The Morgan fingerprint density at radius 2 is 0.712 bits per heavy atom. The molecule has 0 bridgehead atoms. The summed E-state index contributed by atoms with van der Waals surface area (Å²) in [7, 11) is 0. The fraction of sp³-hybridized carbons (Fsp3) is 0.720. The van der Waals surface area contributed by atoms with Crippen molar-refractivity contribution in [1.29, 1.82) is 0 Å². The predicted octanol–water partition coefficient (Wildman–Crippen LogP) is 9.95. The fourth-order valence-electron chi connectivity index (χ4n) is 7.18. The summed E-state index contributed by atoms with van der Waals surface area (Å²) in [6.07, 6.45) is 28.1. The van der Waals surface area contributed by atoms with Crippen molar-refractivity contribution in [1.82, 2.24) is 0 Å². The molecule has 2 aromatic carbocycles. The van der Waals surface area contributed by atoms with E-state index in [1.807, 2.05) is 60.7 Å². The van der Waals surface area contributed by atoms with Gasteiger partial charge in [-0.25, -0.2) is 0 Å². The van der Waals surface area contributed by atoms with Crippen molar-refractivity contribution in [3.8, 4) is 0 Å². The van der Waals surface area contributed by atoms with E-state index in [9.17, 15) is 30.0 Å². The van der Waals surface area contributed by atoms with Crippen LogP contribution in [-0.4, -0.2) is 95.4 Å². The molecule has 9 heteroatoms. The number of carbonyl (C=O) groups excluding carboxylic acids is 2. The minimum atomic E-state index is -1.18. The summed E-state index contributed by atoms with van der Waals surface area (Å²) < 4.78 is 11.0. The van der Waals surface area contributed by atoms with Gasteiger partial charge in [0.1, 0.15) is 0 Å². The number of benzene rings is 2. The summed E-state index contributed by atoms with van der Waals surface area (Å²) in [5, 5.41) is 42.8. The number of aliphatic hydroxyl groups excluding tert-OH is 2.